The number of nitrogens with zero attached hydrogens (tertiary/aromatic N) is 1. The fourth-order valence-electron chi connectivity index (χ4n) is 1.40. The molecule has 88 valence electrons. The number of ketones is 1. The second-order valence-electron chi connectivity index (χ2n) is 3.50. The Morgan fingerprint density at radius 1 is 1.35 bits per heavy atom. The van der Waals surface area contributed by atoms with Gasteiger partial charge in [0.25, 0.3) is 0 Å². The summed E-state index contributed by atoms with van der Waals surface area (Å²) in [6.07, 6.45) is 0.668. The topological polar surface area (TPSA) is 56.0 Å². The largest absolute Gasteiger partial charge is 0.330 e. The van der Waals surface area contributed by atoms with Crippen LogP contribution in [-0.4, -0.2) is 17.3 Å². The van der Waals surface area contributed by atoms with Crippen LogP contribution in [0.2, 0.25) is 0 Å². The average molecular weight is 250 g/mol. The minimum Gasteiger partial charge on any atom is -0.330 e. The molecule has 1 heterocycles. The van der Waals surface area contributed by atoms with Crippen molar-refractivity contribution < 1.29 is 9.18 Å². The molecule has 1 aromatic heterocycles. The maximum atomic E-state index is 12.7. The quantitative estimate of drug-likeness (QED) is 0.844. The molecule has 0 fully saturated rings. The number of halogens is 1. The van der Waals surface area contributed by atoms with Crippen molar-refractivity contribution in [2.75, 3.05) is 6.54 Å². The molecule has 0 unspecified atom stereocenters. The van der Waals surface area contributed by atoms with Crippen LogP contribution < -0.4 is 5.73 Å². The minimum absolute atomic E-state index is 0.190. The van der Waals surface area contributed by atoms with E-state index in [1.54, 1.807) is 5.38 Å². The second kappa shape index (κ2) is 5.16. The molecule has 0 radical (unpaired) electrons. The van der Waals surface area contributed by atoms with Gasteiger partial charge in [-0.3, -0.25) is 4.79 Å². The van der Waals surface area contributed by atoms with Crippen LogP contribution in [0.1, 0.15) is 21.1 Å². The first-order chi connectivity index (χ1) is 8.20. The number of hydrogen-bond donors (Lipinski definition) is 1. The van der Waals surface area contributed by atoms with Gasteiger partial charge in [-0.2, -0.15) is 0 Å². The summed E-state index contributed by atoms with van der Waals surface area (Å²) in [7, 11) is 0. The van der Waals surface area contributed by atoms with E-state index >= 15 is 0 Å². The monoisotopic (exact) mass is 250 g/mol. The van der Waals surface area contributed by atoms with Crippen LogP contribution in [0.15, 0.2) is 29.6 Å². The Morgan fingerprint density at radius 3 is 2.71 bits per heavy atom. The average Bonchev–Trinajstić information content (AvgIpc) is 2.78. The molecule has 0 aliphatic heterocycles. The summed E-state index contributed by atoms with van der Waals surface area (Å²) >= 11 is 1.41. The number of nitrogens with two attached hydrogens (primary N) is 1. The van der Waals surface area contributed by atoms with Gasteiger partial charge < -0.3 is 5.73 Å². The highest BCUT2D eigenvalue weighted by Gasteiger charge is 2.12. The fraction of sp³-hybridized carbons (Fsp3) is 0.167. The molecule has 3 nitrogen and oxygen atoms in total. The van der Waals surface area contributed by atoms with Gasteiger partial charge in [0, 0.05) is 17.4 Å². The highest BCUT2D eigenvalue weighted by molar-refractivity contribution is 7.09. The van der Waals surface area contributed by atoms with Crippen molar-refractivity contribution >= 4 is 17.1 Å². The highest BCUT2D eigenvalue weighted by atomic mass is 32.1. The molecule has 0 saturated carbocycles. The van der Waals surface area contributed by atoms with E-state index in [9.17, 15) is 9.18 Å². The fourth-order valence-corrected chi connectivity index (χ4v) is 2.20. The third kappa shape index (κ3) is 2.75. The van der Waals surface area contributed by atoms with Gasteiger partial charge in [-0.15, -0.1) is 11.3 Å². The van der Waals surface area contributed by atoms with Crippen LogP contribution in [0.3, 0.4) is 0 Å². The number of aromatic nitrogens is 1. The van der Waals surface area contributed by atoms with Gasteiger partial charge in [-0.25, -0.2) is 9.37 Å². The van der Waals surface area contributed by atoms with Gasteiger partial charge in [0.05, 0.1) is 5.01 Å². The summed E-state index contributed by atoms with van der Waals surface area (Å²) in [4.78, 5) is 16.2. The van der Waals surface area contributed by atoms with Crippen LogP contribution in [0, 0.1) is 5.82 Å². The van der Waals surface area contributed by atoms with E-state index < -0.39 is 0 Å². The Labute approximate surface area is 102 Å². The van der Waals surface area contributed by atoms with Crippen molar-refractivity contribution in [2.24, 2.45) is 5.73 Å². The Kier molecular flexibility index (Phi) is 3.61. The summed E-state index contributed by atoms with van der Waals surface area (Å²) in [5, 5.41) is 2.55. The summed E-state index contributed by atoms with van der Waals surface area (Å²) in [5.41, 5.74) is 6.25. The van der Waals surface area contributed by atoms with Crippen LogP contribution in [-0.2, 0) is 6.42 Å². The van der Waals surface area contributed by atoms with E-state index in [0.29, 0.717) is 24.2 Å². The Hall–Kier alpha value is -1.59. The van der Waals surface area contributed by atoms with Crippen molar-refractivity contribution in [3.8, 4) is 0 Å². The number of hydrogen-bond acceptors (Lipinski definition) is 4. The molecule has 2 N–H and O–H groups in total. The number of carbonyl (C=O) groups is 1. The molecule has 2 rings (SSSR count). The first-order valence-corrected chi connectivity index (χ1v) is 6.03. The lowest BCUT2D eigenvalue weighted by atomic mass is 10.1. The van der Waals surface area contributed by atoms with E-state index in [0.717, 1.165) is 5.01 Å². The molecule has 0 atom stereocenters. The summed E-state index contributed by atoms with van der Waals surface area (Å²) in [5.74, 6) is -0.548. The van der Waals surface area contributed by atoms with E-state index in [1.807, 2.05) is 0 Å². The molecule has 0 saturated heterocycles. The zero-order chi connectivity index (χ0) is 12.3. The minimum atomic E-state index is -0.358. The molecule has 0 aliphatic carbocycles. The van der Waals surface area contributed by atoms with Crippen LogP contribution in [0.4, 0.5) is 4.39 Å². The predicted molar refractivity (Wildman–Crippen MR) is 64.7 cm³/mol. The van der Waals surface area contributed by atoms with Gasteiger partial charge in [-0.05, 0) is 30.8 Å². The summed E-state index contributed by atoms with van der Waals surface area (Å²) in [6.45, 7) is 0.512. The number of carbonyl (C=O) groups excluding carboxylic acids is 1. The molecular weight excluding hydrogens is 239 g/mol. The lowest BCUT2D eigenvalue weighted by molar-refractivity contribution is 0.103. The molecule has 0 bridgehead atoms. The zero-order valence-electron chi connectivity index (χ0n) is 9.02. The first-order valence-electron chi connectivity index (χ1n) is 5.15. The normalized spacial score (nSPS) is 10.5. The molecule has 5 heteroatoms. The maximum absolute atomic E-state index is 12.7. The Balaban J connectivity index is 2.21. The third-order valence-corrected chi connectivity index (χ3v) is 3.16. The smallest absolute Gasteiger partial charge is 0.212 e. The standard InChI is InChI=1S/C12H11FN2OS/c13-9-3-1-8(2-4-9)12(16)10-7-17-11(15-10)5-6-14/h1-4,7H,5-6,14H2. The number of thiazole rings is 1. The molecule has 17 heavy (non-hydrogen) atoms. The van der Waals surface area contributed by atoms with Gasteiger partial charge in [0.1, 0.15) is 11.5 Å². The van der Waals surface area contributed by atoms with Crippen molar-refractivity contribution in [3.63, 3.8) is 0 Å². The first kappa shape index (κ1) is 11.9. The molecule has 2 aromatic rings. The van der Waals surface area contributed by atoms with Gasteiger partial charge >= 0.3 is 0 Å². The number of benzene rings is 1. The predicted octanol–water partition coefficient (Wildman–Crippen LogP) is 2.01. The Bertz CT molecular complexity index is 522. The lowest BCUT2D eigenvalue weighted by Gasteiger charge is -1.96. The van der Waals surface area contributed by atoms with Crippen molar-refractivity contribution in [2.45, 2.75) is 6.42 Å². The van der Waals surface area contributed by atoms with E-state index in [4.69, 9.17) is 5.73 Å². The van der Waals surface area contributed by atoms with Crippen molar-refractivity contribution in [3.05, 3.63) is 51.7 Å². The molecule has 1 aromatic carbocycles. The van der Waals surface area contributed by atoms with Crippen molar-refractivity contribution in [1.29, 1.82) is 0 Å². The van der Waals surface area contributed by atoms with Crippen molar-refractivity contribution in [1.82, 2.24) is 4.98 Å². The van der Waals surface area contributed by atoms with Gasteiger partial charge in [0.15, 0.2) is 0 Å². The van der Waals surface area contributed by atoms with E-state index in [2.05, 4.69) is 4.98 Å². The van der Waals surface area contributed by atoms with Crippen LogP contribution in [0.25, 0.3) is 0 Å². The molecule has 0 aliphatic rings. The maximum Gasteiger partial charge on any atom is 0.212 e. The molecule has 0 amide bonds. The van der Waals surface area contributed by atoms with Crippen LogP contribution in [0.5, 0.6) is 0 Å². The highest BCUT2D eigenvalue weighted by Crippen LogP contribution is 2.14. The van der Waals surface area contributed by atoms with E-state index in [1.165, 1.54) is 35.6 Å². The summed E-state index contributed by atoms with van der Waals surface area (Å²) in [6, 6.07) is 5.44. The van der Waals surface area contributed by atoms with Gasteiger partial charge in [-0.1, -0.05) is 0 Å². The second-order valence-corrected chi connectivity index (χ2v) is 4.44. The van der Waals surface area contributed by atoms with Gasteiger partial charge in [0.2, 0.25) is 5.78 Å². The van der Waals surface area contributed by atoms with Crippen LogP contribution >= 0.6 is 11.3 Å². The Morgan fingerprint density at radius 2 is 2.06 bits per heavy atom. The zero-order valence-corrected chi connectivity index (χ0v) is 9.84. The SMILES string of the molecule is NCCc1nc(C(=O)c2ccc(F)cc2)cs1. The van der Waals surface area contributed by atoms with E-state index in [-0.39, 0.29) is 11.6 Å². The third-order valence-electron chi connectivity index (χ3n) is 2.25. The molecule has 0 spiro atoms. The number of rotatable bonds is 4. The molecular formula is C12H11FN2OS. The lowest BCUT2D eigenvalue weighted by Crippen LogP contribution is -2.04. The summed E-state index contributed by atoms with van der Waals surface area (Å²) < 4.78 is 12.7.